The van der Waals surface area contributed by atoms with Crippen LogP contribution in [0.3, 0.4) is 0 Å². The SMILES string of the molecule is COCCn1cc(C)nc1N1CCC(C2CCCN2)CC1. The van der Waals surface area contributed by atoms with Crippen molar-refractivity contribution in [1.82, 2.24) is 14.9 Å². The van der Waals surface area contributed by atoms with E-state index in [4.69, 9.17) is 9.72 Å². The van der Waals surface area contributed by atoms with E-state index in [0.717, 1.165) is 49.8 Å². The second kappa shape index (κ2) is 6.79. The number of anilines is 1. The Balaban J connectivity index is 1.60. The zero-order valence-corrected chi connectivity index (χ0v) is 13.3. The summed E-state index contributed by atoms with van der Waals surface area (Å²) >= 11 is 0. The van der Waals surface area contributed by atoms with E-state index < -0.39 is 0 Å². The third-order valence-corrected chi connectivity index (χ3v) is 4.90. The topological polar surface area (TPSA) is 42.3 Å². The molecule has 3 heterocycles. The number of aryl methyl sites for hydroxylation is 1. The Hall–Kier alpha value is -1.07. The minimum absolute atomic E-state index is 0.741. The van der Waals surface area contributed by atoms with Crippen LogP contribution in [-0.2, 0) is 11.3 Å². The number of nitrogens with zero attached hydrogens (tertiary/aromatic N) is 3. The minimum Gasteiger partial charge on any atom is -0.383 e. The highest BCUT2D eigenvalue weighted by atomic mass is 16.5. The molecule has 3 rings (SSSR count). The van der Waals surface area contributed by atoms with Crippen molar-refractivity contribution in [2.24, 2.45) is 5.92 Å². The first kappa shape index (κ1) is 14.9. The molecule has 1 aromatic rings. The van der Waals surface area contributed by atoms with E-state index in [0.29, 0.717) is 0 Å². The molecule has 118 valence electrons. The Morgan fingerprint density at radius 2 is 2.14 bits per heavy atom. The van der Waals surface area contributed by atoms with E-state index in [1.807, 2.05) is 0 Å². The van der Waals surface area contributed by atoms with Crippen LogP contribution in [0.25, 0.3) is 0 Å². The highest BCUT2D eigenvalue weighted by molar-refractivity contribution is 5.34. The Kier molecular flexibility index (Phi) is 4.80. The first-order chi connectivity index (χ1) is 10.3. The minimum atomic E-state index is 0.741. The lowest BCUT2D eigenvalue weighted by Gasteiger charge is -2.35. The van der Waals surface area contributed by atoms with Gasteiger partial charge in [0.2, 0.25) is 5.95 Å². The molecule has 2 saturated heterocycles. The molecule has 5 heteroatoms. The van der Waals surface area contributed by atoms with Crippen LogP contribution in [0.1, 0.15) is 31.4 Å². The van der Waals surface area contributed by atoms with E-state index in [1.54, 1.807) is 7.11 Å². The molecule has 2 aliphatic heterocycles. The van der Waals surface area contributed by atoms with Gasteiger partial charge in [-0.2, -0.15) is 0 Å². The number of hydrogen-bond acceptors (Lipinski definition) is 4. The quantitative estimate of drug-likeness (QED) is 0.899. The number of methoxy groups -OCH3 is 1. The summed E-state index contributed by atoms with van der Waals surface area (Å²) in [5, 5.41) is 3.67. The smallest absolute Gasteiger partial charge is 0.205 e. The van der Waals surface area contributed by atoms with Gasteiger partial charge in [-0.15, -0.1) is 0 Å². The van der Waals surface area contributed by atoms with Gasteiger partial charge >= 0.3 is 0 Å². The molecule has 0 spiro atoms. The maximum Gasteiger partial charge on any atom is 0.205 e. The molecule has 0 aliphatic carbocycles. The predicted molar refractivity (Wildman–Crippen MR) is 84.8 cm³/mol. The van der Waals surface area contributed by atoms with Crippen molar-refractivity contribution in [1.29, 1.82) is 0 Å². The van der Waals surface area contributed by atoms with Crippen LogP contribution in [0, 0.1) is 12.8 Å². The van der Waals surface area contributed by atoms with Crippen molar-refractivity contribution in [2.75, 3.05) is 38.3 Å². The summed E-state index contributed by atoms with van der Waals surface area (Å²) in [4.78, 5) is 7.18. The largest absolute Gasteiger partial charge is 0.383 e. The summed E-state index contributed by atoms with van der Waals surface area (Å²) in [6, 6.07) is 0.766. The number of aromatic nitrogens is 2. The summed E-state index contributed by atoms with van der Waals surface area (Å²) in [5.74, 6) is 1.98. The summed E-state index contributed by atoms with van der Waals surface area (Å²) in [6.07, 6.45) is 7.43. The highest BCUT2D eigenvalue weighted by Gasteiger charge is 2.29. The molecular weight excluding hydrogens is 264 g/mol. The van der Waals surface area contributed by atoms with E-state index in [2.05, 4.69) is 27.9 Å². The number of rotatable bonds is 5. The van der Waals surface area contributed by atoms with Gasteiger partial charge in [-0.05, 0) is 45.1 Å². The number of piperidine rings is 1. The summed E-state index contributed by atoms with van der Waals surface area (Å²) < 4.78 is 7.45. The third-order valence-electron chi connectivity index (χ3n) is 4.90. The molecule has 0 radical (unpaired) electrons. The maximum absolute atomic E-state index is 5.21. The average molecular weight is 292 g/mol. The Morgan fingerprint density at radius 1 is 1.33 bits per heavy atom. The van der Waals surface area contributed by atoms with Crippen LogP contribution in [-0.4, -0.2) is 48.9 Å². The van der Waals surface area contributed by atoms with Crippen molar-refractivity contribution in [3.63, 3.8) is 0 Å². The standard InChI is InChI=1S/C16H28N4O/c1-13-12-20(10-11-21-2)16(18-13)19-8-5-14(6-9-19)15-4-3-7-17-15/h12,14-15,17H,3-11H2,1-2H3. The molecule has 0 aromatic carbocycles. The average Bonchev–Trinajstić information content (AvgIpc) is 3.15. The highest BCUT2D eigenvalue weighted by Crippen LogP contribution is 2.28. The Labute approximate surface area is 127 Å². The fraction of sp³-hybridized carbons (Fsp3) is 0.812. The third kappa shape index (κ3) is 3.40. The monoisotopic (exact) mass is 292 g/mol. The summed E-state index contributed by atoms with van der Waals surface area (Å²) in [5.41, 5.74) is 1.10. The predicted octanol–water partition coefficient (Wildman–Crippen LogP) is 1.81. The number of ether oxygens (including phenoxy) is 1. The Morgan fingerprint density at radius 3 is 2.81 bits per heavy atom. The molecular formula is C16H28N4O. The molecule has 21 heavy (non-hydrogen) atoms. The number of imidazole rings is 1. The van der Waals surface area contributed by atoms with Gasteiger partial charge in [-0.25, -0.2) is 4.98 Å². The van der Waals surface area contributed by atoms with Crippen molar-refractivity contribution >= 4 is 5.95 Å². The molecule has 1 N–H and O–H groups in total. The van der Waals surface area contributed by atoms with Gasteiger partial charge < -0.3 is 19.5 Å². The van der Waals surface area contributed by atoms with Crippen molar-refractivity contribution in [3.05, 3.63) is 11.9 Å². The van der Waals surface area contributed by atoms with Crippen LogP contribution >= 0.6 is 0 Å². The molecule has 0 amide bonds. The van der Waals surface area contributed by atoms with Crippen molar-refractivity contribution in [3.8, 4) is 0 Å². The molecule has 2 aliphatic rings. The summed E-state index contributed by atoms with van der Waals surface area (Å²) in [6.45, 7) is 7.17. The van der Waals surface area contributed by atoms with Crippen LogP contribution in [0.4, 0.5) is 5.95 Å². The van der Waals surface area contributed by atoms with Crippen LogP contribution in [0.15, 0.2) is 6.20 Å². The second-order valence-corrected chi connectivity index (χ2v) is 6.40. The van der Waals surface area contributed by atoms with Gasteiger partial charge in [0, 0.05) is 39.0 Å². The van der Waals surface area contributed by atoms with Gasteiger partial charge in [0.1, 0.15) is 0 Å². The molecule has 0 saturated carbocycles. The van der Waals surface area contributed by atoms with E-state index in [-0.39, 0.29) is 0 Å². The molecule has 2 fully saturated rings. The lowest BCUT2D eigenvalue weighted by Crippen LogP contribution is -2.41. The van der Waals surface area contributed by atoms with Crippen molar-refractivity contribution in [2.45, 2.75) is 45.2 Å². The van der Waals surface area contributed by atoms with Gasteiger partial charge in [-0.1, -0.05) is 0 Å². The normalized spacial score (nSPS) is 23.9. The molecule has 1 atom stereocenters. The zero-order chi connectivity index (χ0) is 14.7. The first-order valence-corrected chi connectivity index (χ1v) is 8.29. The van der Waals surface area contributed by atoms with E-state index in [9.17, 15) is 0 Å². The maximum atomic E-state index is 5.21. The fourth-order valence-electron chi connectivity index (χ4n) is 3.76. The molecule has 5 nitrogen and oxygen atoms in total. The van der Waals surface area contributed by atoms with E-state index >= 15 is 0 Å². The Bertz CT molecular complexity index is 445. The molecule has 0 bridgehead atoms. The van der Waals surface area contributed by atoms with E-state index in [1.165, 1.54) is 32.2 Å². The van der Waals surface area contributed by atoms with Gasteiger partial charge in [-0.3, -0.25) is 0 Å². The van der Waals surface area contributed by atoms with Crippen LogP contribution < -0.4 is 10.2 Å². The second-order valence-electron chi connectivity index (χ2n) is 6.40. The van der Waals surface area contributed by atoms with Crippen LogP contribution in [0.5, 0.6) is 0 Å². The summed E-state index contributed by atoms with van der Waals surface area (Å²) in [7, 11) is 1.75. The van der Waals surface area contributed by atoms with Crippen LogP contribution in [0.2, 0.25) is 0 Å². The number of hydrogen-bond donors (Lipinski definition) is 1. The van der Waals surface area contributed by atoms with Gasteiger partial charge in [0.05, 0.1) is 12.3 Å². The first-order valence-electron chi connectivity index (χ1n) is 8.29. The fourth-order valence-corrected chi connectivity index (χ4v) is 3.76. The molecule has 1 aromatic heterocycles. The van der Waals surface area contributed by atoms with Gasteiger partial charge in [0.15, 0.2) is 0 Å². The lowest BCUT2D eigenvalue weighted by molar-refractivity contribution is 0.187. The zero-order valence-electron chi connectivity index (χ0n) is 13.3. The van der Waals surface area contributed by atoms with Gasteiger partial charge in [0.25, 0.3) is 0 Å². The lowest BCUT2D eigenvalue weighted by atomic mass is 9.89. The number of nitrogens with one attached hydrogen (secondary N) is 1. The molecule has 1 unspecified atom stereocenters. The van der Waals surface area contributed by atoms with Crippen molar-refractivity contribution < 1.29 is 4.74 Å².